The summed E-state index contributed by atoms with van der Waals surface area (Å²) in [5, 5.41) is 5.43. The molecule has 2 aromatic carbocycles. The van der Waals surface area contributed by atoms with Crippen LogP contribution in [-0.4, -0.2) is 31.4 Å². The van der Waals surface area contributed by atoms with Crippen LogP contribution in [0.15, 0.2) is 60.7 Å². The van der Waals surface area contributed by atoms with E-state index in [1.807, 2.05) is 29.2 Å². The number of anilines is 2. The van der Waals surface area contributed by atoms with Crippen molar-refractivity contribution in [2.24, 2.45) is 5.92 Å². The summed E-state index contributed by atoms with van der Waals surface area (Å²) in [6.45, 7) is 2.67. The third kappa shape index (κ3) is 6.10. The molecule has 5 nitrogen and oxygen atoms in total. The molecule has 2 N–H and O–H groups in total. The van der Waals surface area contributed by atoms with Crippen LogP contribution in [0, 0.1) is 5.92 Å². The Labute approximate surface area is 178 Å². The lowest BCUT2D eigenvalue weighted by molar-refractivity contribution is -0.137. The molecular weight excluding hydrogens is 407 g/mol. The highest BCUT2D eigenvalue weighted by atomic mass is 19.4. The van der Waals surface area contributed by atoms with Gasteiger partial charge in [-0.15, -0.1) is 0 Å². The quantitative estimate of drug-likeness (QED) is 0.684. The van der Waals surface area contributed by atoms with Gasteiger partial charge < -0.3 is 15.5 Å². The molecule has 0 spiro atoms. The molecule has 1 aliphatic heterocycles. The first-order valence-corrected chi connectivity index (χ1v) is 9.95. The number of hydrogen-bond acceptors (Lipinski definition) is 3. The molecule has 0 saturated heterocycles. The first-order valence-electron chi connectivity index (χ1n) is 9.95. The molecule has 1 aliphatic rings. The third-order valence-electron chi connectivity index (χ3n) is 5.04. The maximum absolute atomic E-state index is 12.9. The molecule has 1 unspecified atom stereocenters. The molecule has 2 aromatic rings. The zero-order valence-electron chi connectivity index (χ0n) is 17.1. The topological polar surface area (TPSA) is 61.4 Å². The SMILES string of the molecule is CC(=O)NCC=CC(=O)NCC1Cc2ccccc2N(c2ccc(C(F)(F)F)cc2)C1. The molecule has 164 valence electrons. The lowest BCUT2D eigenvalue weighted by Gasteiger charge is -2.36. The van der Waals surface area contributed by atoms with Crippen LogP contribution in [0.2, 0.25) is 0 Å². The number of nitrogens with one attached hydrogen (secondary N) is 2. The number of nitrogens with zero attached hydrogens (tertiary/aromatic N) is 1. The first-order chi connectivity index (χ1) is 14.7. The Hall–Kier alpha value is -3.29. The van der Waals surface area contributed by atoms with Crippen LogP contribution in [0.5, 0.6) is 0 Å². The predicted molar refractivity (Wildman–Crippen MR) is 113 cm³/mol. The molecule has 0 bridgehead atoms. The summed E-state index contributed by atoms with van der Waals surface area (Å²) >= 11 is 0. The minimum atomic E-state index is -4.38. The lowest BCUT2D eigenvalue weighted by atomic mass is 9.91. The Morgan fingerprint density at radius 3 is 2.48 bits per heavy atom. The van der Waals surface area contributed by atoms with Crippen LogP contribution in [0.4, 0.5) is 24.5 Å². The van der Waals surface area contributed by atoms with E-state index in [0.29, 0.717) is 18.8 Å². The van der Waals surface area contributed by atoms with Gasteiger partial charge >= 0.3 is 6.18 Å². The van der Waals surface area contributed by atoms with Gasteiger partial charge in [0.05, 0.1) is 5.56 Å². The fraction of sp³-hybridized carbons (Fsp3) is 0.304. The number of amides is 2. The zero-order chi connectivity index (χ0) is 22.4. The van der Waals surface area contributed by atoms with Crippen molar-refractivity contribution in [2.45, 2.75) is 19.5 Å². The number of rotatable bonds is 6. The number of fused-ring (bicyclic) bond motifs is 1. The van der Waals surface area contributed by atoms with Gasteiger partial charge in [0.2, 0.25) is 11.8 Å². The Bertz CT molecular complexity index is 955. The minimum absolute atomic E-state index is 0.0879. The van der Waals surface area contributed by atoms with Gasteiger partial charge in [-0.1, -0.05) is 24.3 Å². The van der Waals surface area contributed by atoms with Crippen LogP contribution < -0.4 is 15.5 Å². The number of hydrogen-bond donors (Lipinski definition) is 2. The summed E-state index contributed by atoms with van der Waals surface area (Å²) in [6, 6.07) is 12.9. The Balaban J connectivity index is 1.69. The second-order valence-corrected chi connectivity index (χ2v) is 7.44. The zero-order valence-corrected chi connectivity index (χ0v) is 17.1. The van der Waals surface area contributed by atoms with Gasteiger partial charge in [0.25, 0.3) is 0 Å². The molecule has 8 heteroatoms. The summed E-state index contributed by atoms with van der Waals surface area (Å²) in [5.41, 5.74) is 2.03. The summed E-state index contributed by atoms with van der Waals surface area (Å²) < 4.78 is 38.7. The Kier molecular flexibility index (Phi) is 6.99. The fourth-order valence-corrected chi connectivity index (χ4v) is 3.56. The van der Waals surface area contributed by atoms with Gasteiger partial charge in [-0.3, -0.25) is 9.59 Å². The van der Waals surface area contributed by atoms with Crippen LogP contribution in [-0.2, 0) is 22.2 Å². The molecule has 2 amide bonds. The number of alkyl halides is 3. The van der Waals surface area contributed by atoms with E-state index >= 15 is 0 Å². The molecular formula is C23H24F3N3O2. The molecule has 1 atom stereocenters. The van der Waals surface area contributed by atoms with E-state index in [-0.39, 0.29) is 24.3 Å². The van der Waals surface area contributed by atoms with E-state index in [0.717, 1.165) is 29.8 Å². The molecule has 31 heavy (non-hydrogen) atoms. The molecule has 0 radical (unpaired) electrons. The van der Waals surface area contributed by atoms with Crippen molar-refractivity contribution >= 4 is 23.2 Å². The third-order valence-corrected chi connectivity index (χ3v) is 5.04. The van der Waals surface area contributed by atoms with Crippen molar-refractivity contribution in [3.8, 4) is 0 Å². The van der Waals surface area contributed by atoms with E-state index in [1.165, 1.54) is 25.1 Å². The Morgan fingerprint density at radius 2 is 1.81 bits per heavy atom. The average Bonchev–Trinajstić information content (AvgIpc) is 2.74. The number of para-hydroxylation sites is 1. The molecule has 3 rings (SSSR count). The second kappa shape index (κ2) is 9.68. The number of carbonyl (C=O) groups is 2. The van der Waals surface area contributed by atoms with Crippen molar-refractivity contribution < 1.29 is 22.8 Å². The molecule has 1 heterocycles. The van der Waals surface area contributed by atoms with E-state index in [4.69, 9.17) is 0 Å². The molecule has 0 fully saturated rings. The van der Waals surface area contributed by atoms with Gasteiger partial charge in [-0.25, -0.2) is 0 Å². The van der Waals surface area contributed by atoms with Crippen molar-refractivity contribution in [3.63, 3.8) is 0 Å². The standard InChI is InChI=1S/C23H24F3N3O2/c1-16(30)27-12-4-7-22(31)28-14-17-13-18-5-2-3-6-21(18)29(15-17)20-10-8-19(9-11-20)23(24,25)26/h2-11,17H,12-15H2,1H3,(H,27,30)(H,28,31). The monoisotopic (exact) mass is 431 g/mol. The number of carbonyl (C=O) groups excluding carboxylic acids is 2. The smallest absolute Gasteiger partial charge is 0.353 e. The minimum Gasteiger partial charge on any atom is -0.353 e. The van der Waals surface area contributed by atoms with Crippen LogP contribution in [0.1, 0.15) is 18.1 Å². The maximum atomic E-state index is 12.9. The second-order valence-electron chi connectivity index (χ2n) is 7.44. The molecule has 0 aliphatic carbocycles. The van der Waals surface area contributed by atoms with Crippen LogP contribution in [0.25, 0.3) is 0 Å². The van der Waals surface area contributed by atoms with Gasteiger partial charge in [0, 0.05) is 44.0 Å². The summed E-state index contributed by atoms with van der Waals surface area (Å²) in [5.74, 6) is -0.343. The molecule has 0 saturated carbocycles. The number of halogens is 3. The summed E-state index contributed by atoms with van der Waals surface area (Å²) in [7, 11) is 0. The highest BCUT2D eigenvalue weighted by Crippen LogP contribution is 2.37. The van der Waals surface area contributed by atoms with Crippen molar-refractivity contribution in [2.75, 3.05) is 24.5 Å². The average molecular weight is 431 g/mol. The summed E-state index contributed by atoms with van der Waals surface area (Å²) in [6.07, 6.45) is -0.677. The largest absolute Gasteiger partial charge is 0.416 e. The van der Waals surface area contributed by atoms with Crippen molar-refractivity contribution in [3.05, 3.63) is 71.8 Å². The normalized spacial score (nSPS) is 16.1. The fourth-order valence-electron chi connectivity index (χ4n) is 3.56. The van der Waals surface area contributed by atoms with E-state index in [9.17, 15) is 22.8 Å². The van der Waals surface area contributed by atoms with Crippen LogP contribution in [0.3, 0.4) is 0 Å². The van der Waals surface area contributed by atoms with Gasteiger partial charge in [0.15, 0.2) is 0 Å². The van der Waals surface area contributed by atoms with Gasteiger partial charge in [-0.2, -0.15) is 13.2 Å². The highest BCUT2D eigenvalue weighted by Gasteiger charge is 2.31. The van der Waals surface area contributed by atoms with Gasteiger partial charge in [0.1, 0.15) is 0 Å². The molecule has 0 aromatic heterocycles. The first kappa shape index (κ1) is 22.4. The lowest BCUT2D eigenvalue weighted by Crippen LogP contribution is -2.39. The highest BCUT2D eigenvalue weighted by molar-refractivity contribution is 5.87. The Morgan fingerprint density at radius 1 is 1.10 bits per heavy atom. The van der Waals surface area contributed by atoms with E-state index in [1.54, 1.807) is 6.08 Å². The van der Waals surface area contributed by atoms with Gasteiger partial charge in [-0.05, 0) is 48.2 Å². The predicted octanol–water partition coefficient (Wildman–Crippen LogP) is 3.82. The van der Waals surface area contributed by atoms with Crippen molar-refractivity contribution in [1.29, 1.82) is 0 Å². The van der Waals surface area contributed by atoms with Crippen molar-refractivity contribution in [1.82, 2.24) is 10.6 Å². The summed E-state index contributed by atoms with van der Waals surface area (Å²) in [4.78, 5) is 24.8. The van der Waals surface area contributed by atoms with E-state index in [2.05, 4.69) is 10.6 Å². The van der Waals surface area contributed by atoms with E-state index < -0.39 is 11.7 Å². The van der Waals surface area contributed by atoms with Crippen LogP contribution >= 0.6 is 0 Å². The number of benzene rings is 2. The maximum Gasteiger partial charge on any atom is 0.416 e.